The Morgan fingerprint density at radius 1 is 0.586 bits per heavy atom. The standard InChI is InChI=1S/C28H53N/c1-4-7-10-13-16-26-20-24-19-25(21-26)23-28(29,22-24)27(26,17-14-11-8-5-2)18-15-12-9-6-3/h24-25H,4-23,29H2,1-3H3. The number of hydrogen-bond donors (Lipinski definition) is 1. The molecule has 0 heterocycles. The van der Waals surface area contributed by atoms with Crippen LogP contribution in [0.2, 0.25) is 0 Å². The van der Waals surface area contributed by atoms with Crippen molar-refractivity contribution in [2.45, 2.75) is 155 Å². The first-order valence-electron chi connectivity index (χ1n) is 13.8. The SMILES string of the molecule is CCCCCCC12CC3CC(CC(N)(C3)C1(CCCCCC)CCCCCC)C2. The van der Waals surface area contributed by atoms with Crippen LogP contribution in [0.15, 0.2) is 0 Å². The van der Waals surface area contributed by atoms with E-state index in [9.17, 15) is 0 Å². The van der Waals surface area contributed by atoms with Crippen LogP contribution in [0.1, 0.15) is 149 Å². The van der Waals surface area contributed by atoms with Crippen LogP contribution in [0.3, 0.4) is 0 Å². The van der Waals surface area contributed by atoms with Crippen molar-refractivity contribution >= 4 is 0 Å². The van der Waals surface area contributed by atoms with Crippen molar-refractivity contribution in [3.63, 3.8) is 0 Å². The largest absolute Gasteiger partial charge is 0.325 e. The van der Waals surface area contributed by atoms with E-state index in [1.807, 2.05) is 0 Å². The van der Waals surface area contributed by atoms with Crippen LogP contribution in [0.5, 0.6) is 0 Å². The zero-order chi connectivity index (χ0) is 20.8. The van der Waals surface area contributed by atoms with E-state index in [1.54, 1.807) is 0 Å². The van der Waals surface area contributed by atoms with Gasteiger partial charge in [0.1, 0.15) is 0 Å². The first-order chi connectivity index (χ1) is 14.0. The molecule has 170 valence electrons. The summed E-state index contributed by atoms with van der Waals surface area (Å²) < 4.78 is 0. The Morgan fingerprint density at radius 3 is 1.48 bits per heavy atom. The van der Waals surface area contributed by atoms with Crippen molar-refractivity contribution in [2.24, 2.45) is 28.4 Å². The maximum atomic E-state index is 7.55. The minimum absolute atomic E-state index is 0.167. The molecule has 0 spiro atoms. The van der Waals surface area contributed by atoms with E-state index < -0.39 is 0 Å². The van der Waals surface area contributed by atoms with Crippen molar-refractivity contribution in [1.29, 1.82) is 0 Å². The van der Waals surface area contributed by atoms with Crippen LogP contribution in [0.4, 0.5) is 0 Å². The van der Waals surface area contributed by atoms with E-state index >= 15 is 0 Å². The number of nitrogens with two attached hydrogens (primary N) is 1. The lowest BCUT2D eigenvalue weighted by atomic mass is 9.33. The quantitative estimate of drug-likeness (QED) is 0.272. The Bertz CT molecular complexity index is 455. The molecule has 4 saturated carbocycles. The number of hydrogen-bond acceptors (Lipinski definition) is 1. The Morgan fingerprint density at radius 2 is 1.03 bits per heavy atom. The van der Waals surface area contributed by atoms with Crippen LogP contribution in [-0.2, 0) is 0 Å². The maximum Gasteiger partial charge on any atom is 0.0222 e. The molecule has 0 amide bonds. The summed E-state index contributed by atoms with van der Waals surface area (Å²) in [5, 5.41) is 0. The lowest BCUT2D eigenvalue weighted by molar-refractivity contribution is -0.203. The maximum absolute atomic E-state index is 7.55. The molecule has 4 aliphatic carbocycles. The Hall–Kier alpha value is -0.0400. The van der Waals surface area contributed by atoms with E-state index in [0.717, 1.165) is 11.8 Å². The molecule has 0 aromatic heterocycles. The van der Waals surface area contributed by atoms with Gasteiger partial charge in [0.05, 0.1) is 0 Å². The second-order valence-electron chi connectivity index (χ2n) is 11.7. The zero-order valence-electron chi connectivity index (χ0n) is 20.4. The highest BCUT2D eigenvalue weighted by Gasteiger charge is 2.68. The Kier molecular flexibility index (Phi) is 8.57. The molecule has 2 N–H and O–H groups in total. The van der Waals surface area contributed by atoms with Gasteiger partial charge in [-0.3, -0.25) is 0 Å². The van der Waals surface area contributed by atoms with Gasteiger partial charge in [-0.15, -0.1) is 0 Å². The van der Waals surface area contributed by atoms with Crippen LogP contribution in [0, 0.1) is 22.7 Å². The fourth-order valence-electron chi connectivity index (χ4n) is 8.75. The van der Waals surface area contributed by atoms with Gasteiger partial charge in [-0.2, -0.15) is 0 Å². The molecular formula is C28H53N. The van der Waals surface area contributed by atoms with Crippen LogP contribution >= 0.6 is 0 Å². The second kappa shape index (κ2) is 10.5. The highest BCUT2D eigenvalue weighted by atomic mass is 14.9. The summed E-state index contributed by atoms with van der Waals surface area (Å²) in [5.74, 6) is 1.91. The molecule has 4 bridgehead atoms. The monoisotopic (exact) mass is 403 g/mol. The molecule has 4 fully saturated rings. The average Bonchev–Trinajstić information content (AvgIpc) is 2.68. The lowest BCUT2D eigenvalue weighted by Crippen LogP contribution is -2.73. The van der Waals surface area contributed by atoms with Crippen molar-refractivity contribution < 1.29 is 0 Å². The van der Waals surface area contributed by atoms with Crippen LogP contribution < -0.4 is 5.73 Å². The molecule has 1 nitrogen and oxygen atoms in total. The summed E-state index contributed by atoms with van der Waals surface area (Å²) >= 11 is 0. The predicted octanol–water partition coefficient (Wildman–Crippen LogP) is 8.79. The first kappa shape index (κ1) is 23.6. The van der Waals surface area contributed by atoms with Crippen molar-refractivity contribution in [3.8, 4) is 0 Å². The van der Waals surface area contributed by atoms with E-state index in [1.165, 1.54) is 128 Å². The highest BCUT2D eigenvalue weighted by Crippen LogP contribution is 2.73. The third kappa shape index (κ3) is 4.75. The summed E-state index contributed by atoms with van der Waals surface area (Å²) in [7, 11) is 0. The minimum Gasteiger partial charge on any atom is -0.325 e. The molecule has 0 saturated heterocycles. The summed E-state index contributed by atoms with van der Waals surface area (Å²) in [5.41, 5.74) is 8.77. The summed E-state index contributed by atoms with van der Waals surface area (Å²) in [6.07, 6.45) is 28.7. The smallest absolute Gasteiger partial charge is 0.0222 e. The normalized spacial score (nSPS) is 34.8. The molecule has 29 heavy (non-hydrogen) atoms. The van der Waals surface area contributed by atoms with Gasteiger partial charge in [-0.1, -0.05) is 97.8 Å². The molecular weight excluding hydrogens is 350 g/mol. The lowest BCUT2D eigenvalue weighted by Gasteiger charge is -2.73. The molecule has 2 atom stereocenters. The average molecular weight is 404 g/mol. The Balaban J connectivity index is 1.84. The summed E-state index contributed by atoms with van der Waals surface area (Å²) in [6, 6.07) is 0. The molecule has 0 aliphatic heterocycles. The predicted molar refractivity (Wildman–Crippen MR) is 128 cm³/mol. The van der Waals surface area contributed by atoms with Gasteiger partial charge in [-0.25, -0.2) is 0 Å². The Labute approximate surface area is 183 Å². The number of unbranched alkanes of at least 4 members (excludes halogenated alkanes) is 9. The van der Waals surface area contributed by atoms with Gasteiger partial charge in [0.15, 0.2) is 0 Å². The summed E-state index contributed by atoms with van der Waals surface area (Å²) in [4.78, 5) is 0. The van der Waals surface area contributed by atoms with E-state index in [4.69, 9.17) is 5.73 Å². The van der Waals surface area contributed by atoms with Crippen LogP contribution in [-0.4, -0.2) is 5.54 Å². The topological polar surface area (TPSA) is 26.0 Å². The van der Waals surface area contributed by atoms with Crippen molar-refractivity contribution in [3.05, 3.63) is 0 Å². The molecule has 4 rings (SSSR count). The third-order valence-corrected chi connectivity index (χ3v) is 9.72. The van der Waals surface area contributed by atoms with Gasteiger partial charge in [-0.05, 0) is 74.0 Å². The molecule has 4 aliphatic rings. The molecule has 1 heteroatoms. The van der Waals surface area contributed by atoms with Gasteiger partial charge in [0.2, 0.25) is 0 Å². The van der Waals surface area contributed by atoms with E-state index in [-0.39, 0.29) is 5.54 Å². The van der Waals surface area contributed by atoms with E-state index in [2.05, 4.69) is 20.8 Å². The van der Waals surface area contributed by atoms with Crippen LogP contribution in [0.25, 0.3) is 0 Å². The molecule has 0 aromatic rings. The molecule has 0 aromatic carbocycles. The molecule has 0 radical (unpaired) electrons. The van der Waals surface area contributed by atoms with Crippen molar-refractivity contribution in [2.75, 3.05) is 0 Å². The van der Waals surface area contributed by atoms with Gasteiger partial charge in [0.25, 0.3) is 0 Å². The minimum atomic E-state index is 0.167. The fraction of sp³-hybridized carbons (Fsp3) is 1.00. The fourth-order valence-corrected chi connectivity index (χ4v) is 8.75. The van der Waals surface area contributed by atoms with Gasteiger partial charge >= 0.3 is 0 Å². The highest BCUT2D eigenvalue weighted by molar-refractivity contribution is 5.22. The van der Waals surface area contributed by atoms with Gasteiger partial charge in [0, 0.05) is 5.54 Å². The second-order valence-corrected chi connectivity index (χ2v) is 11.7. The zero-order valence-corrected chi connectivity index (χ0v) is 20.4. The van der Waals surface area contributed by atoms with Gasteiger partial charge < -0.3 is 5.73 Å². The summed E-state index contributed by atoms with van der Waals surface area (Å²) in [6.45, 7) is 7.05. The first-order valence-corrected chi connectivity index (χ1v) is 13.8. The van der Waals surface area contributed by atoms with E-state index in [0.29, 0.717) is 10.8 Å². The molecule has 2 unspecified atom stereocenters. The van der Waals surface area contributed by atoms with Crippen molar-refractivity contribution in [1.82, 2.24) is 0 Å². The third-order valence-electron chi connectivity index (χ3n) is 9.72. The number of rotatable bonds is 15.